The number of anilines is 1. The second-order valence-electron chi connectivity index (χ2n) is 6.03. The number of imidazole rings is 1. The molecule has 2 aliphatic rings. The molecular formula is C13H22N6O5. The monoisotopic (exact) mass is 342 g/mol. The van der Waals surface area contributed by atoms with Crippen molar-refractivity contribution in [2.75, 3.05) is 11.9 Å². The lowest BCUT2D eigenvalue weighted by atomic mass is 9.97. The first-order chi connectivity index (χ1) is 11.3. The van der Waals surface area contributed by atoms with Gasteiger partial charge in [0.2, 0.25) is 0 Å². The quantitative estimate of drug-likeness (QED) is 0.285. The maximum Gasteiger partial charge on any atom is 0.262 e. The van der Waals surface area contributed by atoms with Gasteiger partial charge >= 0.3 is 0 Å². The lowest BCUT2D eigenvalue weighted by Gasteiger charge is -2.36. The Morgan fingerprint density at radius 3 is 2.75 bits per heavy atom. The van der Waals surface area contributed by atoms with Crippen molar-refractivity contribution in [1.29, 1.82) is 0 Å². The summed E-state index contributed by atoms with van der Waals surface area (Å²) in [5.41, 5.74) is 9.96. The van der Waals surface area contributed by atoms with Crippen molar-refractivity contribution in [3.8, 4) is 0 Å². The first-order valence-corrected chi connectivity index (χ1v) is 7.63. The standard InChI is InChI=1S/C13H22N6O5/c1-2-3-12(9(22)7(21)6(4-20)24-12)19-5-16-8-10(19)17-11(14)18-13(8,15)23/h5-7,9,20-23H,2-4,15H2,1H3,(H3,14,17,18)/t6-,7-,9-,12-,13?/m1/s1. The van der Waals surface area contributed by atoms with E-state index in [1.165, 1.54) is 10.9 Å². The molecular weight excluding hydrogens is 320 g/mol. The van der Waals surface area contributed by atoms with Crippen LogP contribution in [0.3, 0.4) is 0 Å². The van der Waals surface area contributed by atoms with Crippen LogP contribution in [-0.4, -0.2) is 60.9 Å². The van der Waals surface area contributed by atoms with Crippen LogP contribution in [-0.2, 0) is 16.3 Å². The number of rotatable bonds is 4. The third-order valence-corrected chi connectivity index (χ3v) is 4.37. The minimum atomic E-state index is -2.12. The van der Waals surface area contributed by atoms with E-state index in [1.807, 2.05) is 6.92 Å². The second kappa shape index (κ2) is 5.65. The third-order valence-electron chi connectivity index (χ3n) is 4.37. The summed E-state index contributed by atoms with van der Waals surface area (Å²) in [6.45, 7) is 1.42. The van der Waals surface area contributed by atoms with Gasteiger partial charge in [0.25, 0.3) is 5.85 Å². The Kier molecular flexibility index (Phi) is 4.02. The summed E-state index contributed by atoms with van der Waals surface area (Å²) in [5.74, 6) is -2.06. The van der Waals surface area contributed by atoms with Crippen LogP contribution in [0.4, 0.5) is 5.82 Å². The van der Waals surface area contributed by atoms with Gasteiger partial charge < -0.3 is 36.2 Å². The fraction of sp³-hybridized carbons (Fsp3) is 0.692. The number of nitrogens with two attached hydrogens (primary N) is 2. The predicted octanol–water partition coefficient (Wildman–Crippen LogP) is -2.75. The van der Waals surface area contributed by atoms with Crippen molar-refractivity contribution < 1.29 is 25.2 Å². The van der Waals surface area contributed by atoms with Gasteiger partial charge in [0.15, 0.2) is 17.4 Å². The van der Waals surface area contributed by atoms with Gasteiger partial charge in [-0.25, -0.2) is 4.98 Å². The summed E-state index contributed by atoms with van der Waals surface area (Å²) >= 11 is 0. The zero-order valence-corrected chi connectivity index (χ0v) is 13.1. The smallest absolute Gasteiger partial charge is 0.262 e. The van der Waals surface area contributed by atoms with Gasteiger partial charge in [0.05, 0.1) is 12.9 Å². The van der Waals surface area contributed by atoms with E-state index in [0.717, 1.165) is 0 Å². The Morgan fingerprint density at radius 1 is 1.46 bits per heavy atom. The van der Waals surface area contributed by atoms with Gasteiger partial charge in [-0.3, -0.25) is 10.3 Å². The molecule has 0 aromatic carbocycles. The molecule has 0 spiro atoms. The van der Waals surface area contributed by atoms with E-state index < -0.39 is 36.5 Å². The van der Waals surface area contributed by atoms with Crippen molar-refractivity contribution >= 4 is 11.8 Å². The number of guanidine groups is 1. The van der Waals surface area contributed by atoms with E-state index in [4.69, 9.17) is 16.2 Å². The zero-order valence-electron chi connectivity index (χ0n) is 13.1. The van der Waals surface area contributed by atoms with Crippen LogP contribution in [0.1, 0.15) is 25.5 Å². The molecule has 11 heteroatoms. The normalized spacial score (nSPS) is 38.6. The molecule has 11 nitrogen and oxygen atoms in total. The van der Waals surface area contributed by atoms with E-state index in [1.54, 1.807) is 0 Å². The molecule has 1 unspecified atom stereocenters. The Balaban J connectivity index is 2.12. The number of aliphatic hydroxyl groups is 4. The van der Waals surface area contributed by atoms with E-state index >= 15 is 0 Å². The Bertz CT molecular complexity index is 661. The highest BCUT2D eigenvalue weighted by atomic mass is 16.6. The minimum Gasteiger partial charge on any atom is -0.394 e. The molecule has 3 rings (SSSR count). The molecule has 0 amide bonds. The SMILES string of the molecule is CCC[C@@]1(n2cnc3c2NC(N)=NC3(N)O)O[C@H](CO)[C@@H](O)[C@H]1O. The minimum absolute atomic E-state index is 0.00455. The number of hydrogen-bond donors (Lipinski definition) is 7. The van der Waals surface area contributed by atoms with Gasteiger partial charge in [0, 0.05) is 0 Å². The highest BCUT2D eigenvalue weighted by Gasteiger charge is 2.56. The summed E-state index contributed by atoms with van der Waals surface area (Å²) < 4.78 is 7.23. The molecule has 134 valence electrons. The maximum absolute atomic E-state index is 10.6. The molecule has 9 N–H and O–H groups in total. The van der Waals surface area contributed by atoms with Crippen molar-refractivity contribution in [2.24, 2.45) is 16.5 Å². The van der Waals surface area contributed by atoms with Crippen molar-refractivity contribution in [1.82, 2.24) is 9.55 Å². The molecule has 0 bridgehead atoms. The van der Waals surface area contributed by atoms with Crippen LogP contribution in [0.15, 0.2) is 11.3 Å². The van der Waals surface area contributed by atoms with E-state index in [-0.39, 0.29) is 17.5 Å². The number of aliphatic imine (C=N–C) groups is 1. The average Bonchev–Trinajstić information content (AvgIpc) is 3.03. The highest BCUT2D eigenvalue weighted by molar-refractivity contribution is 5.94. The summed E-state index contributed by atoms with van der Waals surface area (Å²) in [7, 11) is 0. The van der Waals surface area contributed by atoms with Crippen LogP contribution in [0.2, 0.25) is 0 Å². The lowest BCUT2D eigenvalue weighted by Crippen LogP contribution is -2.48. The second-order valence-corrected chi connectivity index (χ2v) is 6.03. The van der Waals surface area contributed by atoms with E-state index in [2.05, 4.69) is 15.3 Å². The molecule has 1 aromatic rings. The van der Waals surface area contributed by atoms with Crippen molar-refractivity contribution in [2.45, 2.75) is 49.7 Å². The number of aromatic nitrogens is 2. The fourth-order valence-corrected chi connectivity index (χ4v) is 3.31. The highest BCUT2D eigenvalue weighted by Crippen LogP contribution is 2.43. The Hall–Kier alpha value is -1.76. The van der Waals surface area contributed by atoms with E-state index in [0.29, 0.717) is 12.8 Å². The van der Waals surface area contributed by atoms with Crippen LogP contribution in [0, 0.1) is 0 Å². The molecule has 2 aliphatic heterocycles. The number of ether oxygens (including phenoxy) is 1. The third kappa shape index (κ3) is 2.29. The van der Waals surface area contributed by atoms with Gasteiger partial charge in [-0.05, 0) is 6.42 Å². The number of nitrogens with zero attached hydrogens (tertiary/aromatic N) is 3. The molecule has 24 heavy (non-hydrogen) atoms. The molecule has 5 atom stereocenters. The van der Waals surface area contributed by atoms with Gasteiger partial charge in [-0.1, -0.05) is 13.3 Å². The molecule has 1 fully saturated rings. The molecule has 1 aromatic heterocycles. The van der Waals surface area contributed by atoms with Crippen LogP contribution < -0.4 is 16.8 Å². The summed E-state index contributed by atoms with van der Waals surface area (Å²) in [5, 5.41) is 43.1. The van der Waals surface area contributed by atoms with E-state index in [9.17, 15) is 20.4 Å². The number of hydrogen-bond acceptors (Lipinski definition) is 10. The van der Waals surface area contributed by atoms with Crippen molar-refractivity contribution in [3.63, 3.8) is 0 Å². The first-order valence-electron chi connectivity index (χ1n) is 7.63. The molecule has 0 aliphatic carbocycles. The molecule has 0 saturated carbocycles. The maximum atomic E-state index is 10.6. The number of nitrogens with one attached hydrogen (secondary N) is 1. The number of aliphatic hydroxyl groups excluding tert-OH is 3. The van der Waals surface area contributed by atoms with Crippen LogP contribution in [0.25, 0.3) is 0 Å². The number of fused-ring (bicyclic) bond motifs is 1. The van der Waals surface area contributed by atoms with Crippen LogP contribution >= 0.6 is 0 Å². The van der Waals surface area contributed by atoms with Gasteiger partial charge in [-0.15, -0.1) is 0 Å². The average molecular weight is 342 g/mol. The zero-order chi connectivity index (χ0) is 17.7. The molecule has 0 radical (unpaired) electrons. The Morgan fingerprint density at radius 2 is 2.17 bits per heavy atom. The summed E-state index contributed by atoms with van der Waals surface area (Å²) in [4.78, 5) is 7.73. The summed E-state index contributed by atoms with van der Waals surface area (Å²) in [6.07, 6.45) is -1.35. The lowest BCUT2D eigenvalue weighted by molar-refractivity contribution is -0.151. The van der Waals surface area contributed by atoms with Gasteiger partial charge in [0.1, 0.15) is 24.1 Å². The summed E-state index contributed by atoms with van der Waals surface area (Å²) in [6, 6.07) is 0. The Labute approximate surface area is 137 Å². The molecule has 1 saturated heterocycles. The predicted molar refractivity (Wildman–Crippen MR) is 82.4 cm³/mol. The topological polar surface area (TPSA) is 184 Å². The fourth-order valence-electron chi connectivity index (χ4n) is 3.31. The largest absolute Gasteiger partial charge is 0.394 e. The van der Waals surface area contributed by atoms with Crippen molar-refractivity contribution in [3.05, 3.63) is 12.0 Å². The first kappa shape index (κ1) is 17.1. The van der Waals surface area contributed by atoms with Crippen LogP contribution in [0.5, 0.6) is 0 Å². The molecule has 3 heterocycles. The van der Waals surface area contributed by atoms with Gasteiger partial charge in [-0.2, -0.15) is 4.99 Å².